The van der Waals surface area contributed by atoms with Crippen LogP contribution in [0.25, 0.3) is 0 Å². The second kappa shape index (κ2) is 12.6. The van der Waals surface area contributed by atoms with Crippen LogP contribution in [0.2, 0.25) is 0 Å². The van der Waals surface area contributed by atoms with Gasteiger partial charge in [0.1, 0.15) is 29.4 Å². The molecular formula is C23H28N6O10S2. The SMILES string of the molecule is CC(C)OC(=O)OC(C)OC(=O)C1=C(COC(=O)N2CCC2)CS[C@H]2C(NC(=O)/C(=N\O)c3csc(N)n3)C(=O)N12. The summed E-state index contributed by atoms with van der Waals surface area (Å²) in [6.45, 7) is 5.34. The predicted molar refractivity (Wildman–Crippen MR) is 143 cm³/mol. The largest absolute Gasteiger partial charge is 0.511 e. The number of nitrogens with two attached hydrogens (primary N) is 1. The maximum Gasteiger partial charge on any atom is 0.511 e. The summed E-state index contributed by atoms with van der Waals surface area (Å²) >= 11 is 2.24. The molecular weight excluding hydrogens is 584 g/mol. The third-order valence-electron chi connectivity index (χ3n) is 5.96. The van der Waals surface area contributed by atoms with Gasteiger partial charge in [0, 0.05) is 36.7 Å². The van der Waals surface area contributed by atoms with Gasteiger partial charge in [-0.15, -0.1) is 23.1 Å². The van der Waals surface area contributed by atoms with E-state index in [1.807, 2.05) is 0 Å². The van der Waals surface area contributed by atoms with E-state index >= 15 is 0 Å². The number of fused-ring (bicyclic) bond motifs is 1. The van der Waals surface area contributed by atoms with Crippen LogP contribution in [0.1, 0.15) is 32.9 Å². The van der Waals surface area contributed by atoms with Crippen molar-refractivity contribution < 1.29 is 48.1 Å². The average Bonchev–Trinajstić information content (AvgIpc) is 3.29. The highest BCUT2D eigenvalue weighted by Gasteiger charge is 2.55. The molecule has 1 aromatic rings. The van der Waals surface area contributed by atoms with Crippen molar-refractivity contribution >= 4 is 64.0 Å². The van der Waals surface area contributed by atoms with Gasteiger partial charge in [-0.05, 0) is 20.3 Å². The molecule has 3 amide bonds. The van der Waals surface area contributed by atoms with Gasteiger partial charge in [-0.25, -0.2) is 19.4 Å². The standard InChI is InChI=1S/C23H28N6O10S2/c1-10(2)37-23(34)39-11(3)38-20(32)16-12(7-36-22(33)28-5-4-6-28)8-40-19-15(18(31)29(16)19)26-17(30)14(27-35)13-9-41-21(24)25-13/h9-11,15,19,35H,4-8H2,1-3H3,(H2,24,25)(H,26,30)/b27-14-/t11?,15?,19-/m0/s1. The van der Waals surface area contributed by atoms with Crippen LogP contribution in [-0.2, 0) is 33.3 Å². The molecule has 3 aliphatic rings. The Balaban J connectivity index is 1.49. The number of rotatable bonds is 9. The van der Waals surface area contributed by atoms with Crippen molar-refractivity contribution in [2.45, 2.75) is 51.0 Å². The van der Waals surface area contributed by atoms with E-state index in [0.717, 1.165) is 22.7 Å². The van der Waals surface area contributed by atoms with E-state index in [-0.39, 0.29) is 34.5 Å². The first-order valence-electron chi connectivity index (χ1n) is 12.4. The maximum atomic E-state index is 13.2. The first-order chi connectivity index (χ1) is 19.5. The fraction of sp³-hybridized carbons (Fsp3) is 0.522. The smallest absolute Gasteiger partial charge is 0.445 e. The summed E-state index contributed by atoms with van der Waals surface area (Å²) in [6, 6.07) is -1.09. The van der Waals surface area contributed by atoms with Crippen LogP contribution >= 0.6 is 23.1 Å². The molecule has 2 fully saturated rings. The number of nitrogens with one attached hydrogen (secondary N) is 1. The molecule has 1 aromatic heterocycles. The molecule has 0 aromatic carbocycles. The molecule has 16 nitrogen and oxygen atoms in total. The van der Waals surface area contributed by atoms with Crippen LogP contribution in [0.5, 0.6) is 0 Å². The number of hydrogen-bond acceptors (Lipinski definition) is 15. The molecule has 4 N–H and O–H groups in total. The van der Waals surface area contributed by atoms with Gasteiger partial charge in [0.15, 0.2) is 10.8 Å². The van der Waals surface area contributed by atoms with Crippen molar-refractivity contribution in [1.82, 2.24) is 20.1 Å². The van der Waals surface area contributed by atoms with Gasteiger partial charge in [-0.1, -0.05) is 5.16 Å². The highest BCUT2D eigenvalue weighted by molar-refractivity contribution is 8.00. The fourth-order valence-corrected chi connectivity index (χ4v) is 5.80. The molecule has 18 heteroatoms. The Kier molecular flexibility index (Phi) is 9.21. The fourth-order valence-electron chi connectivity index (χ4n) is 3.93. The van der Waals surface area contributed by atoms with Gasteiger partial charge in [-0.3, -0.25) is 14.5 Å². The van der Waals surface area contributed by atoms with E-state index in [0.29, 0.717) is 13.1 Å². The van der Waals surface area contributed by atoms with E-state index in [9.17, 15) is 29.2 Å². The van der Waals surface area contributed by atoms with Crippen molar-refractivity contribution in [3.05, 3.63) is 22.3 Å². The molecule has 0 bridgehead atoms. The van der Waals surface area contributed by atoms with Gasteiger partial charge in [0.25, 0.3) is 11.8 Å². The lowest BCUT2D eigenvalue weighted by atomic mass is 10.0. The van der Waals surface area contributed by atoms with Crippen molar-refractivity contribution in [3.8, 4) is 0 Å². The first kappa shape index (κ1) is 29.9. The first-order valence-corrected chi connectivity index (χ1v) is 14.3. The highest BCUT2D eigenvalue weighted by Crippen LogP contribution is 2.41. The number of thiazole rings is 1. The van der Waals surface area contributed by atoms with E-state index < -0.39 is 59.6 Å². The van der Waals surface area contributed by atoms with Crippen LogP contribution in [0, 0.1) is 0 Å². The Morgan fingerprint density at radius 3 is 2.54 bits per heavy atom. The van der Waals surface area contributed by atoms with Gasteiger partial charge < -0.3 is 40.1 Å². The Hall–Kier alpha value is -4.06. The minimum atomic E-state index is -1.38. The van der Waals surface area contributed by atoms with Gasteiger partial charge in [0.2, 0.25) is 6.29 Å². The van der Waals surface area contributed by atoms with Gasteiger partial charge in [-0.2, -0.15) is 0 Å². The molecule has 4 rings (SSSR count). The quantitative estimate of drug-likeness (QED) is 0.0672. The summed E-state index contributed by atoms with van der Waals surface area (Å²) in [5, 5.41) is 15.7. The lowest BCUT2D eigenvalue weighted by Gasteiger charge is -2.49. The summed E-state index contributed by atoms with van der Waals surface area (Å²) < 4.78 is 20.4. The molecule has 2 saturated heterocycles. The summed E-state index contributed by atoms with van der Waals surface area (Å²) in [6.07, 6.45) is -2.60. The van der Waals surface area contributed by atoms with Gasteiger partial charge in [0.05, 0.1) is 6.10 Å². The number of likely N-dealkylation sites (tertiary alicyclic amines) is 1. The number of nitrogens with zero attached hydrogens (tertiary/aromatic N) is 4. The molecule has 4 heterocycles. The molecule has 2 unspecified atom stereocenters. The number of carbonyl (C=O) groups excluding carboxylic acids is 5. The minimum absolute atomic E-state index is 0.0212. The van der Waals surface area contributed by atoms with Crippen LogP contribution in [0.3, 0.4) is 0 Å². The molecule has 0 spiro atoms. The van der Waals surface area contributed by atoms with Gasteiger partial charge >= 0.3 is 18.2 Å². The van der Waals surface area contributed by atoms with Crippen LogP contribution in [-0.4, -0.2) is 105 Å². The Bertz CT molecular complexity index is 1290. The molecule has 3 aliphatic heterocycles. The number of amides is 3. The van der Waals surface area contributed by atoms with Crippen molar-refractivity contribution in [3.63, 3.8) is 0 Å². The lowest BCUT2D eigenvalue weighted by molar-refractivity contribution is -0.169. The number of carbonyl (C=O) groups is 5. The number of oxime groups is 1. The van der Waals surface area contributed by atoms with E-state index in [2.05, 4.69) is 15.5 Å². The second-order valence-corrected chi connectivity index (χ2v) is 11.2. The third-order valence-corrected chi connectivity index (χ3v) is 7.97. The molecule has 0 aliphatic carbocycles. The van der Waals surface area contributed by atoms with Crippen LogP contribution in [0.4, 0.5) is 14.7 Å². The molecule has 41 heavy (non-hydrogen) atoms. The minimum Gasteiger partial charge on any atom is -0.445 e. The zero-order chi connectivity index (χ0) is 29.8. The van der Waals surface area contributed by atoms with Crippen LogP contribution < -0.4 is 11.1 Å². The summed E-state index contributed by atoms with van der Waals surface area (Å²) in [7, 11) is 0. The molecule has 0 radical (unpaired) electrons. The average molecular weight is 613 g/mol. The maximum absolute atomic E-state index is 13.2. The van der Waals surface area contributed by atoms with Crippen LogP contribution in [0.15, 0.2) is 21.8 Å². The number of anilines is 1. The number of aromatic nitrogens is 1. The number of β-lactam (4-membered cyclic amide) rings is 1. The van der Waals surface area contributed by atoms with Crippen molar-refractivity contribution in [2.24, 2.45) is 5.16 Å². The number of ether oxygens (including phenoxy) is 4. The van der Waals surface area contributed by atoms with E-state index in [1.165, 1.54) is 29.0 Å². The Labute approximate surface area is 241 Å². The zero-order valence-electron chi connectivity index (χ0n) is 22.2. The van der Waals surface area contributed by atoms with Crippen molar-refractivity contribution in [2.75, 3.05) is 31.2 Å². The lowest BCUT2D eigenvalue weighted by Crippen LogP contribution is -2.71. The second-order valence-electron chi connectivity index (χ2n) is 9.24. The summed E-state index contributed by atoms with van der Waals surface area (Å²) in [4.78, 5) is 69.9. The number of nitrogen functional groups attached to an aromatic ring is 1. The molecule has 3 atom stereocenters. The number of hydrogen-bond donors (Lipinski definition) is 3. The van der Waals surface area contributed by atoms with Crippen molar-refractivity contribution in [1.29, 1.82) is 0 Å². The summed E-state index contributed by atoms with van der Waals surface area (Å²) in [5.74, 6) is -2.42. The monoisotopic (exact) mass is 612 g/mol. The Morgan fingerprint density at radius 2 is 1.95 bits per heavy atom. The van der Waals surface area contributed by atoms with E-state index in [1.54, 1.807) is 13.8 Å². The predicted octanol–water partition coefficient (Wildman–Crippen LogP) is 0.851. The third kappa shape index (κ3) is 6.64. The molecule has 0 saturated carbocycles. The molecule has 222 valence electrons. The topological polar surface area (TPSA) is 212 Å². The number of thioether (sulfide) groups is 1. The zero-order valence-corrected chi connectivity index (χ0v) is 23.9. The number of esters is 1. The summed E-state index contributed by atoms with van der Waals surface area (Å²) in [5.41, 5.74) is 5.25. The Morgan fingerprint density at radius 1 is 1.22 bits per heavy atom. The highest BCUT2D eigenvalue weighted by atomic mass is 32.2. The normalized spacial score (nSPS) is 20.9. The van der Waals surface area contributed by atoms with E-state index in [4.69, 9.17) is 24.7 Å².